The van der Waals surface area contributed by atoms with E-state index >= 15 is 0 Å². The van der Waals surface area contributed by atoms with Crippen LogP contribution in [0.4, 0.5) is 10.8 Å². The van der Waals surface area contributed by atoms with Crippen molar-refractivity contribution >= 4 is 44.8 Å². The van der Waals surface area contributed by atoms with Crippen LogP contribution in [0.15, 0.2) is 70.3 Å². The number of fused-ring (bicyclic) bond motifs is 1. The van der Waals surface area contributed by atoms with E-state index in [1.165, 1.54) is 30.3 Å². The van der Waals surface area contributed by atoms with Crippen LogP contribution in [-0.2, 0) is 4.79 Å². The molecule has 10 nitrogen and oxygen atoms in total. The number of aromatic nitrogens is 2. The maximum absolute atomic E-state index is 13.5. The van der Waals surface area contributed by atoms with Crippen molar-refractivity contribution in [3.05, 3.63) is 92.4 Å². The zero-order valence-corrected chi connectivity index (χ0v) is 17.8. The van der Waals surface area contributed by atoms with Crippen molar-refractivity contribution in [2.75, 3.05) is 4.90 Å². The number of nitro benzene ring substituents is 1. The van der Waals surface area contributed by atoms with E-state index in [4.69, 9.17) is 4.42 Å². The smallest absolute Gasteiger partial charge is 0.296 e. The van der Waals surface area contributed by atoms with Gasteiger partial charge in [0.2, 0.25) is 10.9 Å². The summed E-state index contributed by atoms with van der Waals surface area (Å²) in [5.41, 5.74) is 0.500. The number of amides is 1. The second-order valence-electron chi connectivity index (χ2n) is 7.27. The van der Waals surface area contributed by atoms with Crippen LogP contribution >= 0.6 is 11.3 Å². The molecule has 0 spiro atoms. The molecule has 2 aromatic carbocycles. The first-order valence-corrected chi connectivity index (χ1v) is 10.5. The third-order valence-electron chi connectivity index (χ3n) is 5.24. The van der Waals surface area contributed by atoms with E-state index in [9.17, 15) is 24.8 Å². The molecule has 1 atom stereocenters. The lowest BCUT2D eigenvalue weighted by molar-refractivity contribution is -0.384. The first-order chi connectivity index (χ1) is 15.8. The van der Waals surface area contributed by atoms with Gasteiger partial charge in [-0.3, -0.25) is 24.6 Å². The van der Waals surface area contributed by atoms with Crippen LogP contribution in [0.1, 0.15) is 27.2 Å². The number of benzene rings is 2. The number of nitro groups is 1. The monoisotopic (exact) mass is 462 g/mol. The van der Waals surface area contributed by atoms with Crippen LogP contribution in [0, 0.1) is 17.0 Å². The minimum absolute atomic E-state index is 0.0484. The molecule has 0 bridgehead atoms. The summed E-state index contributed by atoms with van der Waals surface area (Å²) in [6, 6.07) is 12.9. The number of hydrogen-bond donors (Lipinski definition) is 1. The Morgan fingerprint density at radius 1 is 1.18 bits per heavy atom. The van der Waals surface area contributed by atoms with Crippen LogP contribution in [-0.4, -0.2) is 31.9 Å². The predicted octanol–water partition coefficient (Wildman–Crippen LogP) is 4.28. The molecular formula is C22H14N4O6S. The summed E-state index contributed by atoms with van der Waals surface area (Å²) in [7, 11) is 0. The van der Waals surface area contributed by atoms with E-state index < -0.39 is 28.4 Å². The molecule has 1 aliphatic rings. The fraction of sp³-hybridized carbons (Fsp3) is 0.0909. The van der Waals surface area contributed by atoms with Crippen LogP contribution in [0.2, 0.25) is 0 Å². The summed E-state index contributed by atoms with van der Waals surface area (Å²) in [6.45, 7) is 1.70. The molecule has 3 heterocycles. The van der Waals surface area contributed by atoms with Gasteiger partial charge in [0.1, 0.15) is 10.6 Å². The molecular weight excluding hydrogens is 448 g/mol. The molecule has 5 rings (SSSR count). The number of carbonyl (C=O) groups excluding carboxylic acids is 2. The Bertz CT molecular complexity index is 1440. The molecule has 4 aromatic rings. The van der Waals surface area contributed by atoms with Gasteiger partial charge in [-0.15, -0.1) is 10.2 Å². The number of Topliss-reactive ketones (excluding diaryl/α,β-unsaturated/α-hetero) is 1. The minimum atomic E-state index is -1.08. The van der Waals surface area contributed by atoms with Gasteiger partial charge in [0.25, 0.3) is 11.6 Å². The Balaban J connectivity index is 1.65. The van der Waals surface area contributed by atoms with Crippen molar-refractivity contribution < 1.29 is 24.0 Å². The lowest BCUT2D eigenvalue weighted by Gasteiger charge is -2.23. The van der Waals surface area contributed by atoms with Gasteiger partial charge in [-0.05, 0) is 36.8 Å². The molecule has 0 saturated carbocycles. The summed E-state index contributed by atoms with van der Waals surface area (Å²) in [5, 5.41) is 31.2. The highest BCUT2D eigenvalue weighted by Crippen LogP contribution is 2.43. The summed E-state index contributed by atoms with van der Waals surface area (Å²) >= 11 is 1.11. The van der Waals surface area contributed by atoms with Gasteiger partial charge in [0.15, 0.2) is 11.5 Å². The Morgan fingerprint density at radius 2 is 1.91 bits per heavy atom. The van der Waals surface area contributed by atoms with Crippen LogP contribution in [0.3, 0.4) is 0 Å². The number of nitrogens with zero attached hydrogens (tertiary/aromatic N) is 4. The second kappa shape index (κ2) is 7.64. The molecule has 0 saturated heterocycles. The number of aliphatic hydroxyl groups excluding tert-OH is 1. The fourth-order valence-electron chi connectivity index (χ4n) is 3.74. The second-order valence-corrected chi connectivity index (χ2v) is 8.43. The highest BCUT2D eigenvalue weighted by Gasteiger charge is 2.46. The fourth-order valence-corrected chi connectivity index (χ4v) is 4.45. The first kappa shape index (κ1) is 20.5. The van der Waals surface area contributed by atoms with Crippen LogP contribution < -0.4 is 4.90 Å². The molecule has 164 valence electrons. The number of ketones is 1. The van der Waals surface area contributed by atoms with Gasteiger partial charge < -0.3 is 9.52 Å². The van der Waals surface area contributed by atoms with Gasteiger partial charge in [-0.2, -0.15) is 0 Å². The standard InChI is InChI=1S/C22H14N4O6S/c1-11-23-24-22(33-11)25-18(12-6-8-14(9-7-12)26(30)31)17(20(28)21(25)29)19(27)16-10-13-4-2-3-5-15(13)32-16/h2-10,18,28H,1H3. The Hall–Kier alpha value is -4.38. The largest absolute Gasteiger partial charge is 0.503 e. The molecule has 2 aromatic heterocycles. The molecule has 0 aliphatic carbocycles. The van der Waals surface area contributed by atoms with Crippen molar-refractivity contribution in [2.45, 2.75) is 13.0 Å². The number of carbonyl (C=O) groups is 2. The van der Waals surface area contributed by atoms with E-state index in [0.717, 1.165) is 16.2 Å². The van der Waals surface area contributed by atoms with E-state index in [0.29, 0.717) is 21.5 Å². The number of anilines is 1. The predicted molar refractivity (Wildman–Crippen MR) is 118 cm³/mol. The number of non-ortho nitro benzene ring substituents is 1. The number of para-hydroxylation sites is 1. The van der Waals surface area contributed by atoms with Crippen LogP contribution in [0.25, 0.3) is 11.0 Å². The normalized spacial score (nSPS) is 16.1. The van der Waals surface area contributed by atoms with E-state index in [1.54, 1.807) is 31.2 Å². The Morgan fingerprint density at radius 3 is 2.55 bits per heavy atom. The maximum Gasteiger partial charge on any atom is 0.296 e. The molecule has 1 aliphatic heterocycles. The zero-order chi connectivity index (χ0) is 23.3. The Labute approximate surface area is 189 Å². The van der Waals surface area contributed by atoms with Crippen molar-refractivity contribution in [3.8, 4) is 0 Å². The highest BCUT2D eigenvalue weighted by atomic mass is 32.1. The third-order valence-corrected chi connectivity index (χ3v) is 6.08. The highest BCUT2D eigenvalue weighted by molar-refractivity contribution is 7.15. The molecule has 11 heteroatoms. The lowest BCUT2D eigenvalue weighted by Crippen LogP contribution is -2.31. The van der Waals surface area contributed by atoms with E-state index in [1.807, 2.05) is 0 Å². The summed E-state index contributed by atoms with van der Waals surface area (Å²) in [4.78, 5) is 38.2. The van der Waals surface area contributed by atoms with E-state index in [2.05, 4.69) is 10.2 Å². The van der Waals surface area contributed by atoms with Crippen molar-refractivity contribution in [1.82, 2.24) is 10.2 Å². The summed E-state index contributed by atoms with van der Waals surface area (Å²) < 4.78 is 5.67. The maximum atomic E-state index is 13.5. The zero-order valence-electron chi connectivity index (χ0n) is 17.0. The van der Waals surface area contributed by atoms with Gasteiger partial charge in [0.05, 0.1) is 16.5 Å². The van der Waals surface area contributed by atoms with Gasteiger partial charge >= 0.3 is 0 Å². The first-order valence-electron chi connectivity index (χ1n) is 9.69. The van der Waals surface area contributed by atoms with Gasteiger partial charge in [0, 0.05) is 17.5 Å². The van der Waals surface area contributed by atoms with Crippen LogP contribution in [0.5, 0.6) is 0 Å². The van der Waals surface area contributed by atoms with Crippen molar-refractivity contribution in [3.63, 3.8) is 0 Å². The molecule has 0 radical (unpaired) electrons. The molecule has 1 amide bonds. The minimum Gasteiger partial charge on any atom is -0.503 e. The van der Waals surface area contributed by atoms with Gasteiger partial charge in [-0.25, -0.2) is 0 Å². The lowest BCUT2D eigenvalue weighted by atomic mass is 9.95. The molecule has 33 heavy (non-hydrogen) atoms. The Kier molecular flexibility index (Phi) is 4.75. The average molecular weight is 462 g/mol. The summed E-state index contributed by atoms with van der Waals surface area (Å²) in [5.74, 6) is -2.29. The topological polar surface area (TPSA) is 140 Å². The SMILES string of the molecule is Cc1nnc(N2C(=O)C(O)=C(C(=O)c3cc4ccccc4o3)C2c2ccc([N+](=O)[O-])cc2)s1. The van der Waals surface area contributed by atoms with Crippen molar-refractivity contribution in [1.29, 1.82) is 0 Å². The summed E-state index contributed by atoms with van der Waals surface area (Å²) in [6.07, 6.45) is 0. The number of furan rings is 1. The van der Waals surface area contributed by atoms with E-state index in [-0.39, 0.29) is 22.2 Å². The van der Waals surface area contributed by atoms with Crippen molar-refractivity contribution in [2.24, 2.45) is 0 Å². The molecule has 1 N–H and O–H groups in total. The number of aliphatic hydroxyl groups is 1. The third kappa shape index (κ3) is 3.34. The number of hydrogen-bond acceptors (Lipinski definition) is 9. The molecule has 0 fully saturated rings. The molecule has 1 unspecified atom stereocenters. The van der Waals surface area contributed by atoms with Gasteiger partial charge in [-0.1, -0.05) is 29.5 Å². The number of aryl methyl sites for hydroxylation is 1. The quantitative estimate of drug-likeness (QED) is 0.263. The number of rotatable bonds is 5. The average Bonchev–Trinajstić information content (AvgIpc) is 3.50.